The molecule has 2 rings (SSSR count). The molecule has 0 bridgehead atoms. The number of rotatable bonds is 3. The van der Waals surface area contributed by atoms with Crippen LogP contribution in [0, 0.1) is 0 Å². The third-order valence-electron chi connectivity index (χ3n) is 3.07. The quantitative estimate of drug-likeness (QED) is 0.829. The van der Waals surface area contributed by atoms with E-state index in [0.717, 1.165) is 17.0 Å². The molecule has 3 N–H and O–H groups in total. The average Bonchev–Trinajstić information content (AvgIpc) is 2.48. The highest BCUT2D eigenvalue weighted by Gasteiger charge is 2.30. The lowest BCUT2D eigenvalue weighted by Crippen LogP contribution is -2.24. The second-order valence-electron chi connectivity index (χ2n) is 4.69. The zero-order valence-corrected chi connectivity index (χ0v) is 12.0. The van der Waals surface area contributed by atoms with Crippen molar-refractivity contribution in [2.75, 3.05) is 17.7 Å². The smallest absolute Gasteiger partial charge is 0.416 e. The Hall–Kier alpha value is -2.90. The molecule has 0 fully saturated rings. The predicted octanol–water partition coefficient (Wildman–Crippen LogP) is 4.19. The number of hydrogen-bond acceptors (Lipinski definition) is 3. The summed E-state index contributed by atoms with van der Waals surface area (Å²) in [4.78, 5) is 11.9. The van der Waals surface area contributed by atoms with E-state index < -0.39 is 17.8 Å². The molecule has 0 heterocycles. The van der Waals surface area contributed by atoms with Gasteiger partial charge in [-0.2, -0.15) is 13.2 Å². The van der Waals surface area contributed by atoms with Gasteiger partial charge in [0.1, 0.15) is 11.5 Å². The Morgan fingerprint density at radius 2 is 1.70 bits per heavy atom. The van der Waals surface area contributed by atoms with E-state index in [2.05, 4.69) is 0 Å². The van der Waals surface area contributed by atoms with Gasteiger partial charge in [0.05, 0.1) is 16.9 Å². The monoisotopic (exact) mass is 326 g/mol. The minimum atomic E-state index is -4.42. The van der Waals surface area contributed by atoms with Crippen LogP contribution in [0.3, 0.4) is 0 Å². The summed E-state index contributed by atoms with van der Waals surface area (Å²) in [6.07, 6.45) is -5.62. The van der Waals surface area contributed by atoms with Crippen molar-refractivity contribution >= 4 is 17.5 Å². The summed E-state index contributed by atoms with van der Waals surface area (Å²) in [5.41, 5.74) is 5.36. The first-order valence-corrected chi connectivity index (χ1v) is 6.40. The van der Waals surface area contributed by atoms with Gasteiger partial charge in [0, 0.05) is 13.1 Å². The Labute approximate surface area is 129 Å². The molecule has 0 aromatic heterocycles. The van der Waals surface area contributed by atoms with Crippen molar-refractivity contribution in [1.29, 1.82) is 0 Å². The van der Waals surface area contributed by atoms with Crippen molar-refractivity contribution in [2.45, 2.75) is 6.18 Å². The summed E-state index contributed by atoms with van der Waals surface area (Å²) in [7, 11) is 1.32. The van der Waals surface area contributed by atoms with Crippen LogP contribution < -0.4 is 15.4 Å². The van der Waals surface area contributed by atoms with Gasteiger partial charge in [-0.15, -0.1) is 0 Å². The van der Waals surface area contributed by atoms with Gasteiger partial charge in [-0.25, -0.2) is 4.79 Å². The molecule has 23 heavy (non-hydrogen) atoms. The Kier molecular flexibility index (Phi) is 4.35. The third kappa shape index (κ3) is 3.85. The number of benzene rings is 2. The van der Waals surface area contributed by atoms with E-state index in [1.165, 1.54) is 37.4 Å². The summed E-state index contributed by atoms with van der Waals surface area (Å²) in [6.45, 7) is 0. The topological polar surface area (TPSA) is 75.8 Å². The molecule has 8 heteroatoms. The number of amides is 1. The fourth-order valence-electron chi connectivity index (χ4n) is 1.83. The second kappa shape index (κ2) is 6.07. The maximum atomic E-state index is 12.5. The highest BCUT2D eigenvalue weighted by Crippen LogP contribution is 2.33. The summed E-state index contributed by atoms with van der Waals surface area (Å²) in [5.74, 6) is 0.439. The van der Waals surface area contributed by atoms with Gasteiger partial charge in [0.15, 0.2) is 0 Å². The van der Waals surface area contributed by atoms with Crippen molar-refractivity contribution < 1.29 is 27.8 Å². The van der Waals surface area contributed by atoms with Crippen LogP contribution in [0.15, 0.2) is 42.5 Å². The molecule has 0 aliphatic carbocycles. The first-order valence-electron chi connectivity index (χ1n) is 6.40. The highest BCUT2D eigenvalue weighted by atomic mass is 19.4. The number of carbonyl (C=O) groups is 1. The largest absolute Gasteiger partial charge is 0.465 e. The number of ether oxygens (including phenoxy) is 1. The number of nitrogens with two attached hydrogens (primary N) is 1. The van der Waals surface area contributed by atoms with Crippen LogP contribution in [-0.4, -0.2) is 18.2 Å². The summed E-state index contributed by atoms with van der Waals surface area (Å²) in [5, 5.41) is 8.97. The van der Waals surface area contributed by atoms with E-state index >= 15 is 0 Å². The second-order valence-corrected chi connectivity index (χ2v) is 4.69. The predicted molar refractivity (Wildman–Crippen MR) is 78.8 cm³/mol. The van der Waals surface area contributed by atoms with Crippen molar-refractivity contribution in [3.05, 3.63) is 48.0 Å². The normalized spacial score (nSPS) is 11.1. The molecule has 1 amide bonds. The van der Waals surface area contributed by atoms with Gasteiger partial charge in [-0.05, 0) is 36.4 Å². The fraction of sp³-hybridized carbons (Fsp3) is 0.133. The van der Waals surface area contributed by atoms with E-state index in [1.54, 1.807) is 0 Å². The Morgan fingerprint density at radius 3 is 2.22 bits per heavy atom. The standard InChI is InChI=1S/C15H13F3N2O3/c1-20(14(21)22)13-8-11(6-7-12(13)19)23-10-4-2-9(3-5-10)15(16,17)18/h2-8H,19H2,1H3,(H,21,22). The number of halogens is 3. The van der Waals surface area contributed by atoms with Gasteiger partial charge in [0.25, 0.3) is 0 Å². The Balaban J connectivity index is 2.24. The molecular weight excluding hydrogens is 313 g/mol. The van der Waals surface area contributed by atoms with Gasteiger partial charge in [-0.3, -0.25) is 4.90 Å². The minimum absolute atomic E-state index is 0.187. The number of nitrogen functional groups attached to an aromatic ring is 1. The van der Waals surface area contributed by atoms with Gasteiger partial charge in [-0.1, -0.05) is 0 Å². The van der Waals surface area contributed by atoms with E-state index in [1.807, 2.05) is 0 Å². The molecule has 0 aliphatic heterocycles. The molecule has 0 aliphatic rings. The first-order chi connectivity index (χ1) is 10.7. The maximum Gasteiger partial charge on any atom is 0.416 e. The fourth-order valence-corrected chi connectivity index (χ4v) is 1.83. The van der Waals surface area contributed by atoms with Crippen LogP contribution in [-0.2, 0) is 6.18 Å². The van der Waals surface area contributed by atoms with Crippen LogP contribution >= 0.6 is 0 Å². The SMILES string of the molecule is CN(C(=O)O)c1cc(Oc2ccc(C(F)(F)F)cc2)ccc1N. The van der Waals surface area contributed by atoms with Crippen LogP contribution in [0.4, 0.5) is 29.3 Å². The number of hydrogen-bond donors (Lipinski definition) is 2. The lowest BCUT2D eigenvalue weighted by Gasteiger charge is -2.17. The van der Waals surface area contributed by atoms with E-state index in [-0.39, 0.29) is 22.9 Å². The van der Waals surface area contributed by atoms with Crippen LogP contribution in [0.2, 0.25) is 0 Å². The maximum absolute atomic E-state index is 12.5. The molecular formula is C15H13F3N2O3. The molecule has 0 saturated carbocycles. The molecule has 5 nitrogen and oxygen atoms in total. The number of nitrogens with zero attached hydrogens (tertiary/aromatic N) is 1. The first kappa shape index (κ1) is 16.5. The van der Waals surface area contributed by atoms with Gasteiger partial charge in [0.2, 0.25) is 0 Å². The number of anilines is 2. The van der Waals surface area contributed by atoms with Gasteiger partial charge >= 0.3 is 12.3 Å². The van der Waals surface area contributed by atoms with Crippen LogP contribution in [0.25, 0.3) is 0 Å². The zero-order valence-electron chi connectivity index (χ0n) is 12.0. The van der Waals surface area contributed by atoms with E-state index in [9.17, 15) is 18.0 Å². The molecule has 0 radical (unpaired) electrons. The summed E-state index contributed by atoms with van der Waals surface area (Å²) >= 11 is 0. The molecule has 0 unspecified atom stereocenters. The van der Waals surface area contributed by atoms with Gasteiger partial charge < -0.3 is 15.6 Å². The molecule has 2 aromatic carbocycles. The van der Waals surface area contributed by atoms with E-state index in [4.69, 9.17) is 15.6 Å². The number of carboxylic acid groups (broad SMARTS) is 1. The van der Waals surface area contributed by atoms with Crippen LogP contribution in [0.1, 0.15) is 5.56 Å². The third-order valence-corrected chi connectivity index (χ3v) is 3.07. The summed E-state index contributed by atoms with van der Waals surface area (Å²) in [6, 6.07) is 8.49. The summed E-state index contributed by atoms with van der Waals surface area (Å²) < 4.78 is 42.9. The van der Waals surface area contributed by atoms with Crippen LogP contribution in [0.5, 0.6) is 11.5 Å². The average molecular weight is 326 g/mol. The van der Waals surface area contributed by atoms with Crippen molar-refractivity contribution in [3.8, 4) is 11.5 Å². The van der Waals surface area contributed by atoms with Crippen molar-refractivity contribution in [1.82, 2.24) is 0 Å². The molecule has 0 saturated heterocycles. The lowest BCUT2D eigenvalue weighted by molar-refractivity contribution is -0.137. The molecule has 0 atom stereocenters. The zero-order chi connectivity index (χ0) is 17.2. The van der Waals surface area contributed by atoms with Crippen molar-refractivity contribution in [2.24, 2.45) is 0 Å². The highest BCUT2D eigenvalue weighted by molar-refractivity contribution is 5.90. The molecule has 122 valence electrons. The molecule has 0 spiro atoms. The Bertz CT molecular complexity index is 715. The minimum Gasteiger partial charge on any atom is -0.465 e. The molecule has 2 aromatic rings. The Morgan fingerprint density at radius 1 is 1.13 bits per heavy atom. The van der Waals surface area contributed by atoms with Crippen molar-refractivity contribution in [3.63, 3.8) is 0 Å². The number of alkyl halides is 3. The van der Waals surface area contributed by atoms with E-state index in [0.29, 0.717) is 0 Å². The lowest BCUT2D eigenvalue weighted by atomic mass is 10.2.